The van der Waals surface area contributed by atoms with Crippen molar-refractivity contribution in [2.45, 2.75) is 130 Å². The van der Waals surface area contributed by atoms with Crippen molar-refractivity contribution in [1.82, 2.24) is 9.80 Å². The first-order valence-electron chi connectivity index (χ1n) is 16.5. The molecule has 39 heavy (non-hydrogen) atoms. The Bertz CT molecular complexity index is 755. The molecule has 0 spiro atoms. The molecule has 1 saturated heterocycles. The summed E-state index contributed by atoms with van der Waals surface area (Å²) in [6.07, 6.45) is 21.6. The highest BCUT2D eigenvalue weighted by molar-refractivity contribution is 5.41. The molecular formula is C34H59N3O2. The zero-order valence-corrected chi connectivity index (χ0v) is 25.6. The minimum atomic E-state index is 0.622. The fraction of sp³-hybridized carbons (Fsp3) is 0.794. The second-order valence-corrected chi connectivity index (χ2v) is 11.4. The van der Waals surface area contributed by atoms with Crippen LogP contribution in [0.2, 0.25) is 0 Å². The number of rotatable bonds is 24. The predicted molar refractivity (Wildman–Crippen MR) is 165 cm³/mol. The Kier molecular flexibility index (Phi) is 19.7. The minimum absolute atomic E-state index is 0.622. The van der Waals surface area contributed by atoms with E-state index in [1.807, 2.05) is 0 Å². The van der Waals surface area contributed by atoms with E-state index in [0.29, 0.717) is 6.42 Å². The van der Waals surface area contributed by atoms with Crippen molar-refractivity contribution in [2.75, 3.05) is 45.9 Å². The molecule has 0 N–H and O–H groups in total. The molecule has 1 heterocycles. The molecular weight excluding hydrogens is 482 g/mol. The van der Waals surface area contributed by atoms with Gasteiger partial charge in [0.1, 0.15) is 11.5 Å². The van der Waals surface area contributed by atoms with Gasteiger partial charge in [-0.1, -0.05) is 110 Å². The van der Waals surface area contributed by atoms with E-state index in [-0.39, 0.29) is 0 Å². The van der Waals surface area contributed by atoms with Gasteiger partial charge in [0.2, 0.25) is 0 Å². The van der Waals surface area contributed by atoms with Gasteiger partial charge in [0.25, 0.3) is 0 Å². The Morgan fingerprint density at radius 1 is 0.667 bits per heavy atom. The SMILES string of the molecule is CCCCCCCCCCOc1ccc(CN2CCN(CCC#N)CC2)c(OCCCCCCCCCC)c1. The highest BCUT2D eigenvalue weighted by Gasteiger charge is 2.18. The Balaban J connectivity index is 1.79. The molecule has 5 heteroatoms. The van der Waals surface area contributed by atoms with Crippen LogP contribution in [-0.2, 0) is 6.54 Å². The van der Waals surface area contributed by atoms with E-state index in [1.165, 1.54) is 95.5 Å². The van der Waals surface area contributed by atoms with Crippen LogP contribution in [0.15, 0.2) is 18.2 Å². The molecule has 0 saturated carbocycles. The molecule has 1 aliphatic rings. The monoisotopic (exact) mass is 541 g/mol. The number of hydrogen-bond donors (Lipinski definition) is 0. The third kappa shape index (κ3) is 16.2. The first-order valence-corrected chi connectivity index (χ1v) is 16.5. The second-order valence-electron chi connectivity index (χ2n) is 11.4. The molecule has 1 aromatic rings. The molecule has 1 fully saturated rings. The molecule has 0 unspecified atom stereocenters. The molecule has 0 aliphatic carbocycles. The van der Waals surface area contributed by atoms with Gasteiger partial charge >= 0.3 is 0 Å². The van der Waals surface area contributed by atoms with Gasteiger partial charge in [-0.05, 0) is 18.9 Å². The van der Waals surface area contributed by atoms with Crippen molar-refractivity contribution in [3.8, 4) is 17.6 Å². The predicted octanol–water partition coefficient (Wildman–Crippen LogP) is 8.76. The van der Waals surface area contributed by atoms with Gasteiger partial charge < -0.3 is 9.47 Å². The first-order chi connectivity index (χ1) is 19.3. The molecule has 1 aliphatic heterocycles. The lowest BCUT2D eigenvalue weighted by Gasteiger charge is -2.34. The number of ether oxygens (including phenoxy) is 2. The van der Waals surface area contributed by atoms with E-state index in [1.54, 1.807) is 0 Å². The zero-order valence-electron chi connectivity index (χ0n) is 25.6. The lowest BCUT2D eigenvalue weighted by molar-refractivity contribution is 0.128. The Labute approximate surface area is 241 Å². The number of unbranched alkanes of at least 4 members (excludes halogenated alkanes) is 14. The molecule has 1 aromatic carbocycles. The van der Waals surface area contributed by atoms with Crippen molar-refractivity contribution in [1.29, 1.82) is 5.26 Å². The topological polar surface area (TPSA) is 48.7 Å². The molecule has 2 rings (SSSR count). The summed E-state index contributed by atoms with van der Waals surface area (Å²) >= 11 is 0. The third-order valence-corrected chi connectivity index (χ3v) is 7.96. The van der Waals surface area contributed by atoms with E-state index in [9.17, 15) is 0 Å². The summed E-state index contributed by atoms with van der Waals surface area (Å²) in [6.45, 7) is 12.1. The van der Waals surface area contributed by atoms with Gasteiger partial charge in [-0.3, -0.25) is 9.80 Å². The molecule has 0 amide bonds. The highest BCUT2D eigenvalue weighted by atomic mass is 16.5. The largest absolute Gasteiger partial charge is 0.493 e. The molecule has 0 radical (unpaired) electrons. The standard InChI is InChI=1S/C34H59N3O2/c1-3-5-7-9-11-13-15-17-28-38-33-21-20-32(31-37-26-24-36(25-27-37)23-19-22-35)34(30-33)39-29-18-16-14-12-10-8-6-4-2/h20-21,30H,3-19,23-29,31H2,1-2H3. The summed E-state index contributed by atoms with van der Waals surface area (Å²) < 4.78 is 12.5. The summed E-state index contributed by atoms with van der Waals surface area (Å²) in [4.78, 5) is 4.92. The van der Waals surface area contributed by atoms with Crippen molar-refractivity contribution in [3.63, 3.8) is 0 Å². The van der Waals surface area contributed by atoms with Crippen LogP contribution in [0.25, 0.3) is 0 Å². The number of hydrogen-bond acceptors (Lipinski definition) is 5. The van der Waals surface area contributed by atoms with Crippen LogP contribution in [0.1, 0.15) is 129 Å². The van der Waals surface area contributed by atoms with Gasteiger partial charge in [0.05, 0.1) is 19.3 Å². The van der Waals surface area contributed by atoms with Crippen LogP contribution in [0.5, 0.6) is 11.5 Å². The van der Waals surface area contributed by atoms with E-state index >= 15 is 0 Å². The van der Waals surface area contributed by atoms with E-state index in [2.05, 4.69) is 47.9 Å². The van der Waals surface area contributed by atoms with Gasteiger partial charge in [-0.15, -0.1) is 0 Å². The van der Waals surface area contributed by atoms with Crippen LogP contribution >= 0.6 is 0 Å². The van der Waals surface area contributed by atoms with Crippen LogP contribution in [0, 0.1) is 11.3 Å². The van der Waals surface area contributed by atoms with E-state index in [0.717, 1.165) is 76.8 Å². The Morgan fingerprint density at radius 2 is 1.18 bits per heavy atom. The van der Waals surface area contributed by atoms with E-state index in [4.69, 9.17) is 14.7 Å². The quantitative estimate of drug-likeness (QED) is 0.122. The minimum Gasteiger partial charge on any atom is -0.493 e. The number of nitriles is 1. The maximum absolute atomic E-state index is 8.88. The summed E-state index contributed by atoms with van der Waals surface area (Å²) in [5, 5.41) is 8.88. The normalized spacial score (nSPS) is 14.4. The van der Waals surface area contributed by atoms with Crippen LogP contribution < -0.4 is 9.47 Å². The van der Waals surface area contributed by atoms with Gasteiger partial charge in [-0.25, -0.2) is 0 Å². The highest BCUT2D eigenvalue weighted by Crippen LogP contribution is 2.27. The molecule has 0 atom stereocenters. The Morgan fingerprint density at radius 3 is 1.74 bits per heavy atom. The molecule has 0 bridgehead atoms. The van der Waals surface area contributed by atoms with Crippen molar-refractivity contribution >= 4 is 0 Å². The fourth-order valence-electron chi connectivity index (χ4n) is 5.35. The van der Waals surface area contributed by atoms with Crippen molar-refractivity contribution < 1.29 is 9.47 Å². The van der Waals surface area contributed by atoms with E-state index < -0.39 is 0 Å². The summed E-state index contributed by atoms with van der Waals surface area (Å²) in [5.74, 6) is 1.94. The lowest BCUT2D eigenvalue weighted by Crippen LogP contribution is -2.46. The van der Waals surface area contributed by atoms with Gasteiger partial charge in [0, 0.05) is 57.3 Å². The smallest absolute Gasteiger partial charge is 0.127 e. The number of piperazine rings is 1. The maximum Gasteiger partial charge on any atom is 0.127 e. The summed E-state index contributed by atoms with van der Waals surface area (Å²) in [5.41, 5.74) is 1.26. The molecule has 222 valence electrons. The first kappa shape index (κ1) is 33.4. The molecule has 5 nitrogen and oxygen atoms in total. The summed E-state index contributed by atoms with van der Waals surface area (Å²) in [7, 11) is 0. The van der Waals surface area contributed by atoms with Crippen LogP contribution in [0.4, 0.5) is 0 Å². The Hall–Kier alpha value is -1.77. The van der Waals surface area contributed by atoms with Crippen LogP contribution in [-0.4, -0.2) is 55.7 Å². The fourth-order valence-corrected chi connectivity index (χ4v) is 5.35. The summed E-state index contributed by atoms with van der Waals surface area (Å²) in [6, 6.07) is 8.75. The second kappa shape index (κ2) is 23.0. The number of nitrogens with zero attached hydrogens (tertiary/aromatic N) is 3. The average Bonchev–Trinajstić information content (AvgIpc) is 2.96. The van der Waals surface area contributed by atoms with Gasteiger partial charge in [0.15, 0.2) is 0 Å². The molecule has 0 aromatic heterocycles. The van der Waals surface area contributed by atoms with Crippen molar-refractivity contribution in [2.24, 2.45) is 0 Å². The van der Waals surface area contributed by atoms with Crippen LogP contribution in [0.3, 0.4) is 0 Å². The third-order valence-electron chi connectivity index (χ3n) is 7.96. The maximum atomic E-state index is 8.88. The van der Waals surface area contributed by atoms with Crippen molar-refractivity contribution in [3.05, 3.63) is 23.8 Å². The zero-order chi connectivity index (χ0) is 27.8. The lowest BCUT2D eigenvalue weighted by atomic mass is 10.1. The number of benzene rings is 1. The average molecular weight is 542 g/mol. The van der Waals surface area contributed by atoms with Gasteiger partial charge in [-0.2, -0.15) is 5.26 Å².